The van der Waals surface area contributed by atoms with E-state index < -0.39 is 46.7 Å². The van der Waals surface area contributed by atoms with Gasteiger partial charge in [-0.15, -0.1) is 0 Å². The van der Waals surface area contributed by atoms with Crippen molar-refractivity contribution in [2.24, 2.45) is 10.4 Å². The fourth-order valence-corrected chi connectivity index (χ4v) is 6.46. The molecule has 4 nitrogen and oxygen atoms in total. The van der Waals surface area contributed by atoms with Crippen molar-refractivity contribution in [3.63, 3.8) is 0 Å². The van der Waals surface area contributed by atoms with Crippen LogP contribution in [0.2, 0.25) is 0 Å². The third-order valence-corrected chi connectivity index (χ3v) is 8.28. The standard InChI is InChI=1S/C23H26F6N2O2S/c1-3-14-4-5-15-11-20(8-6-16(33-2)7-9-20)23(17(15)10-14)18(32)31(12-21(24,25)26)19(30-23)34-13-22(27,28)29/h4-5,10,16H,3,6-9,11-13H2,1-2H3. The Balaban J connectivity index is 1.86. The molecule has 0 radical (unpaired) electrons. The van der Waals surface area contributed by atoms with Crippen LogP contribution in [0.15, 0.2) is 23.2 Å². The minimum absolute atomic E-state index is 0.0385. The number of thioether (sulfide) groups is 1. The molecule has 11 heteroatoms. The van der Waals surface area contributed by atoms with Gasteiger partial charge in [0.25, 0.3) is 5.91 Å². The molecule has 1 heterocycles. The number of fused-ring (bicyclic) bond motifs is 3. The summed E-state index contributed by atoms with van der Waals surface area (Å²) in [5, 5.41) is -0.511. The largest absolute Gasteiger partial charge is 0.406 e. The van der Waals surface area contributed by atoms with Crippen molar-refractivity contribution in [2.45, 2.75) is 69.4 Å². The molecular formula is C23H26F6N2O2S. The number of hydrogen-bond acceptors (Lipinski definition) is 4. The molecular weight excluding hydrogens is 482 g/mol. The van der Waals surface area contributed by atoms with Crippen molar-refractivity contribution >= 4 is 22.8 Å². The Bertz CT molecular complexity index is 985. The molecule has 0 bridgehead atoms. The van der Waals surface area contributed by atoms with Crippen molar-refractivity contribution in [1.82, 2.24) is 4.90 Å². The molecule has 2 aliphatic carbocycles. The van der Waals surface area contributed by atoms with Gasteiger partial charge in [-0.2, -0.15) is 26.3 Å². The first kappa shape index (κ1) is 25.3. The number of aliphatic imine (C=N–C) groups is 1. The molecule has 1 aliphatic heterocycles. The molecule has 188 valence electrons. The molecule has 2 spiro atoms. The van der Waals surface area contributed by atoms with E-state index in [1.54, 1.807) is 13.2 Å². The molecule has 0 N–H and O–H groups in total. The summed E-state index contributed by atoms with van der Waals surface area (Å²) in [5.74, 6) is -2.30. The lowest BCUT2D eigenvalue weighted by Gasteiger charge is -2.45. The Morgan fingerprint density at radius 3 is 2.38 bits per heavy atom. The topological polar surface area (TPSA) is 41.9 Å². The predicted molar refractivity (Wildman–Crippen MR) is 117 cm³/mol. The molecule has 34 heavy (non-hydrogen) atoms. The SMILES string of the molecule is CCc1ccc2c(c1)C1(N=C(SCC(F)(F)F)N(CC(F)(F)F)C1=O)C1(CCC(OC)CC1)C2. The molecule has 1 atom stereocenters. The van der Waals surface area contributed by atoms with Gasteiger partial charge in [0, 0.05) is 12.5 Å². The van der Waals surface area contributed by atoms with Crippen molar-refractivity contribution in [2.75, 3.05) is 19.4 Å². The zero-order valence-electron chi connectivity index (χ0n) is 18.9. The molecule has 1 unspecified atom stereocenters. The van der Waals surface area contributed by atoms with E-state index in [4.69, 9.17) is 4.74 Å². The van der Waals surface area contributed by atoms with Gasteiger partial charge in [-0.05, 0) is 55.2 Å². The predicted octanol–water partition coefficient (Wildman–Crippen LogP) is 5.63. The average molecular weight is 509 g/mol. The Kier molecular flexibility index (Phi) is 6.50. The Morgan fingerprint density at radius 2 is 1.82 bits per heavy atom. The van der Waals surface area contributed by atoms with Gasteiger partial charge in [0.1, 0.15) is 6.54 Å². The summed E-state index contributed by atoms with van der Waals surface area (Å²) in [7, 11) is 1.59. The molecule has 1 aromatic rings. The summed E-state index contributed by atoms with van der Waals surface area (Å²) in [5.41, 5.74) is -0.229. The number of benzene rings is 1. The summed E-state index contributed by atoms with van der Waals surface area (Å²) in [4.78, 5) is 18.9. The Labute approximate surface area is 198 Å². The van der Waals surface area contributed by atoms with Crippen molar-refractivity contribution in [1.29, 1.82) is 0 Å². The first-order chi connectivity index (χ1) is 15.8. The van der Waals surface area contributed by atoms with Gasteiger partial charge >= 0.3 is 12.4 Å². The first-order valence-electron chi connectivity index (χ1n) is 11.2. The van der Waals surface area contributed by atoms with Crippen molar-refractivity contribution < 1.29 is 35.9 Å². The van der Waals surface area contributed by atoms with E-state index in [0.717, 1.165) is 11.1 Å². The maximum absolute atomic E-state index is 13.9. The van der Waals surface area contributed by atoms with Crippen LogP contribution in [0.3, 0.4) is 0 Å². The zero-order chi connectivity index (χ0) is 24.9. The van der Waals surface area contributed by atoms with E-state index in [2.05, 4.69) is 4.99 Å². The summed E-state index contributed by atoms with van der Waals surface area (Å²) in [6.07, 6.45) is -6.20. The monoisotopic (exact) mass is 508 g/mol. The van der Waals surface area contributed by atoms with E-state index in [1.165, 1.54) is 0 Å². The molecule has 3 aliphatic rings. The van der Waals surface area contributed by atoms with E-state index in [-0.39, 0.29) is 17.9 Å². The van der Waals surface area contributed by atoms with Gasteiger partial charge in [0.15, 0.2) is 10.7 Å². The molecule has 0 saturated heterocycles. The van der Waals surface area contributed by atoms with Gasteiger partial charge < -0.3 is 4.74 Å². The van der Waals surface area contributed by atoms with Crippen LogP contribution in [0.1, 0.15) is 49.3 Å². The molecule has 1 amide bonds. The minimum atomic E-state index is -4.78. The van der Waals surface area contributed by atoms with Crippen LogP contribution in [-0.2, 0) is 27.9 Å². The van der Waals surface area contributed by atoms with Crippen LogP contribution in [0.25, 0.3) is 0 Å². The van der Waals surface area contributed by atoms with Crippen LogP contribution >= 0.6 is 11.8 Å². The number of ether oxygens (including phenoxy) is 1. The number of alkyl halides is 6. The van der Waals surface area contributed by atoms with Crippen LogP contribution in [0, 0.1) is 5.41 Å². The highest BCUT2D eigenvalue weighted by Gasteiger charge is 2.67. The first-order valence-corrected chi connectivity index (χ1v) is 12.2. The number of amidine groups is 1. The summed E-state index contributed by atoms with van der Waals surface area (Å²) in [6, 6.07) is 5.60. The average Bonchev–Trinajstić information content (AvgIpc) is 3.18. The van der Waals surface area contributed by atoms with Crippen LogP contribution in [-0.4, -0.2) is 53.8 Å². The number of aryl methyl sites for hydroxylation is 1. The highest BCUT2D eigenvalue weighted by Crippen LogP contribution is 2.62. The molecule has 1 fully saturated rings. The van der Waals surface area contributed by atoms with Crippen LogP contribution in [0.5, 0.6) is 0 Å². The number of hydrogen-bond donors (Lipinski definition) is 0. The zero-order valence-corrected chi connectivity index (χ0v) is 19.7. The third kappa shape index (κ3) is 4.34. The minimum Gasteiger partial charge on any atom is -0.381 e. The third-order valence-electron chi connectivity index (χ3n) is 7.24. The molecule has 4 rings (SSSR count). The summed E-state index contributed by atoms with van der Waals surface area (Å²) >= 11 is 0.147. The van der Waals surface area contributed by atoms with Gasteiger partial charge in [-0.3, -0.25) is 9.69 Å². The number of methoxy groups -OCH3 is 1. The Hall–Kier alpha value is -1.75. The maximum atomic E-state index is 13.9. The quantitative estimate of drug-likeness (QED) is 0.495. The highest BCUT2D eigenvalue weighted by molar-refractivity contribution is 8.13. The van der Waals surface area contributed by atoms with Gasteiger partial charge in [0.2, 0.25) is 0 Å². The van der Waals surface area contributed by atoms with Gasteiger partial charge in [-0.25, -0.2) is 4.99 Å². The van der Waals surface area contributed by atoms with E-state index in [0.29, 0.717) is 49.0 Å². The van der Waals surface area contributed by atoms with E-state index in [9.17, 15) is 31.1 Å². The Morgan fingerprint density at radius 1 is 1.15 bits per heavy atom. The van der Waals surface area contributed by atoms with Crippen molar-refractivity contribution in [3.05, 3.63) is 34.9 Å². The number of amides is 1. The molecule has 1 aromatic carbocycles. The van der Waals surface area contributed by atoms with Gasteiger partial charge in [0.05, 0.1) is 11.9 Å². The fourth-order valence-electron chi connectivity index (χ4n) is 5.66. The second-order valence-electron chi connectivity index (χ2n) is 9.25. The second kappa shape index (κ2) is 8.72. The summed E-state index contributed by atoms with van der Waals surface area (Å²) < 4.78 is 84.8. The smallest absolute Gasteiger partial charge is 0.381 e. The highest BCUT2D eigenvalue weighted by atomic mass is 32.2. The van der Waals surface area contributed by atoms with Crippen LogP contribution in [0.4, 0.5) is 26.3 Å². The lowest BCUT2D eigenvalue weighted by atomic mass is 9.61. The molecule has 0 aromatic heterocycles. The second-order valence-corrected chi connectivity index (χ2v) is 10.2. The molecule has 1 saturated carbocycles. The fraction of sp³-hybridized carbons (Fsp3) is 0.652. The number of nitrogens with zero attached hydrogens (tertiary/aromatic N) is 2. The van der Waals surface area contributed by atoms with E-state index >= 15 is 0 Å². The number of halogens is 6. The van der Waals surface area contributed by atoms with E-state index in [1.807, 2.05) is 19.1 Å². The number of carbonyl (C=O) groups excluding carboxylic acids is 1. The lowest BCUT2D eigenvalue weighted by Crippen LogP contribution is -2.53. The van der Waals surface area contributed by atoms with Crippen LogP contribution < -0.4 is 0 Å². The number of carbonyl (C=O) groups is 1. The van der Waals surface area contributed by atoms with Gasteiger partial charge in [-0.1, -0.05) is 36.9 Å². The summed E-state index contributed by atoms with van der Waals surface area (Å²) in [6.45, 7) is 0.250. The maximum Gasteiger partial charge on any atom is 0.406 e. The lowest BCUT2D eigenvalue weighted by molar-refractivity contribution is -0.158. The van der Waals surface area contributed by atoms with Crippen molar-refractivity contribution in [3.8, 4) is 0 Å². The number of rotatable bonds is 4. The normalized spacial score (nSPS) is 29.3.